The highest BCUT2D eigenvalue weighted by Crippen LogP contribution is 2.16. The summed E-state index contributed by atoms with van der Waals surface area (Å²) >= 11 is 0. The lowest BCUT2D eigenvalue weighted by molar-refractivity contribution is -0.119. The number of nitrogens with two attached hydrogens (primary N) is 1. The van der Waals surface area contributed by atoms with Crippen LogP contribution in [0.25, 0.3) is 0 Å². The van der Waals surface area contributed by atoms with E-state index >= 15 is 0 Å². The van der Waals surface area contributed by atoms with Crippen LogP contribution in [-0.4, -0.2) is 50.1 Å². The molecule has 0 bridgehead atoms. The van der Waals surface area contributed by atoms with Gasteiger partial charge in [-0.25, -0.2) is 0 Å². The number of aliphatic imine (C=N–C) groups is 1. The van der Waals surface area contributed by atoms with Crippen molar-refractivity contribution in [1.29, 1.82) is 0 Å². The van der Waals surface area contributed by atoms with Crippen LogP contribution in [0.1, 0.15) is 25.3 Å². The second-order valence-electron chi connectivity index (χ2n) is 6.29. The summed E-state index contributed by atoms with van der Waals surface area (Å²) in [5.74, 6) is 1.99. The standard InChI is InChI=1S/C18H28N4O2/c1-14-8-11-22(12-9-14)18(20-2)21-10-7-15-3-5-16(6-4-15)24-13-17(19)23/h3-6,14H,7-13H2,1-2H3,(H2,19,23)(H,20,21). The average Bonchev–Trinajstić information content (AvgIpc) is 2.59. The van der Waals surface area contributed by atoms with Crippen LogP contribution in [0.15, 0.2) is 29.3 Å². The van der Waals surface area contributed by atoms with E-state index in [0.717, 1.165) is 37.9 Å². The van der Waals surface area contributed by atoms with Crippen LogP contribution >= 0.6 is 0 Å². The lowest BCUT2D eigenvalue weighted by atomic mass is 10.00. The zero-order valence-corrected chi connectivity index (χ0v) is 14.6. The SMILES string of the molecule is CN=C(NCCc1ccc(OCC(N)=O)cc1)N1CCC(C)CC1. The van der Waals surface area contributed by atoms with Gasteiger partial charge in [0.15, 0.2) is 12.6 Å². The minimum absolute atomic E-state index is 0.0916. The average molecular weight is 332 g/mol. The molecule has 0 atom stereocenters. The largest absolute Gasteiger partial charge is 0.484 e. The number of hydrogen-bond acceptors (Lipinski definition) is 3. The fourth-order valence-corrected chi connectivity index (χ4v) is 2.78. The molecule has 1 fully saturated rings. The Balaban J connectivity index is 1.75. The molecule has 1 aromatic rings. The Morgan fingerprint density at radius 3 is 2.58 bits per heavy atom. The monoisotopic (exact) mass is 332 g/mol. The molecule has 132 valence electrons. The van der Waals surface area contributed by atoms with Crippen LogP contribution in [0.5, 0.6) is 5.75 Å². The van der Waals surface area contributed by atoms with Crippen molar-refractivity contribution >= 4 is 11.9 Å². The number of carbonyl (C=O) groups is 1. The van der Waals surface area contributed by atoms with E-state index in [2.05, 4.69) is 22.1 Å². The number of nitrogens with one attached hydrogen (secondary N) is 1. The molecular formula is C18H28N4O2. The summed E-state index contributed by atoms with van der Waals surface area (Å²) in [7, 11) is 1.84. The van der Waals surface area contributed by atoms with Crippen LogP contribution in [-0.2, 0) is 11.2 Å². The molecule has 24 heavy (non-hydrogen) atoms. The molecule has 0 spiro atoms. The first kappa shape index (κ1) is 18.1. The molecule has 6 heteroatoms. The van der Waals surface area contributed by atoms with Gasteiger partial charge in [0.25, 0.3) is 5.91 Å². The van der Waals surface area contributed by atoms with E-state index in [1.54, 1.807) is 0 Å². The molecule has 3 N–H and O–H groups in total. The molecular weight excluding hydrogens is 304 g/mol. The van der Waals surface area contributed by atoms with Crippen molar-refractivity contribution in [2.24, 2.45) is 16.6 Å². The zero-order valence-electron chi connectivity index (χ0n) is 14.6. The number of amides is 1. The Morgan fingerprint density at radius 2 is 2.00 bits per heavy atom. The van der Waals surface area contributed by atoms with Crippen molar-refractivity contribution in [3.63, 3.8) is 0 Å². The predicted molar refractivity (Wildman–Crippen MR) is 96.2 cm³/mol. The molecule has 1 aromatic carbocycles. The summed E-state index contributed by atoms with van der Waals surface area (Å²) in [6.45, 7) is 5.20. The Labute approximate surface area is 144 Å². The minimum atomic E-state index is -0.471. The maximum Gasteiger partial charge on any atom is 0.255 e. The molecule has 1 aliphatic heterocycles. The van der Waals surface area contributed by atoms with Crippen LogP contribution in [0.4, 0.5) is 0 Å². The van der Waals surface area contributed by atoms with E-state index in [-0.39, 0.29) is 6.61 Å². The third-order valence-electron chi connectivity index (χ3n) is 4.30. The maximum absolute atomic E-state index is 10.7. The van der Waals surface area contributed by atoms with Gasteiger partial charge in [0.1, 0.15) is 5.75 Å². The van der Waals surface area contributed by atoms with Crippen LogP contribution in [0, 0.1) is 5.92 Å². The number of likely N-dealkylation sites (tertiary alicyclic amines) is 1. The maximum atomic E-state index is 10.7. The first-order chi connectivity index (χ1) is 11.6. The van der Waals surface area contributed by atoms with Crippen molar-refractivity contribution in [2.75, 3.05) is 33.3 Å². The van der Waals surface area contributed by atoms with Gasteiger partial charge in [-0.1, -0.05) is 19.1 Å². The smallest absolute Gasteiger partial charge is 0.255 e. The number of nitrogens with zero attached hydrogens (tertiary/aromatic N) is 2. The van der Waals surface area contributed by atoms with Crippen molar-refractivity contribution in [3.05, 3.63) is 29.8 Å². The minimum Gasteiger partial charge on any atom is -0.484 e. The lowest BCUT2D eigenvalue weighted by Gasteiger charge is -2.32. The fourth-order valence-electron chi connectivity index (χ4n) is 2.78. The van der Waals surface area contributed by atoms with Gasteiger partial charge in [0, 0.05) is 26.7 Å². The molecule has 1 heterocycles. The third kappa shape index (κ3) is 5.76. The van der Waals surface area contributed by atoms with Crippen LogP contribution in [0.2, 0.25) is 0 Å². The summed E-state index contributed by atoms with van der Waals surface area (Å²) in [4.78, 5) is 17.4. The van der Waals surface area contributed by atoms with Gasteiger partial charge in [0.2, 0.25) is 0 Å². The van der Waals surface area contributed by atoms with Gasteiger partial charge >= 0.3 is 0 Å². The molecule has 6 nitrogen and oxygen atoms in total. The van der Waals surface area contributed by atoms with E-state index in [1.165, 1.54) is 18.4 Å². The molecule has 0 saturated carbocycles. The molecule has 0 aliphatic carbocycles. The normalized spacial score (nSPS) is 16.1. The summed E-state index contributed by atoms with van der Waals surface area (Å²) < 4.78 is 5.25. The number of ether oxygens (including phenoxy) is 1. The number of rotatable bonds is 6. The van der Waals surface area contributed by atoms with E-state index in [4.69, 9.17) is 10.5 Å². The molecule has 1 saturated heterocycles. The molecule has 2 rings (SSSR count). The number of benzene rings is 1. The Morgan fingerprint density at radius 1 is 1.33 bits per heavy atom. The van der Waals surface area contributed by atoms with Crippen LogP contribution in [0.3, 0.4) is 0 Å². The van der Waals surface area contributed by atoms with Gasteiger partial charge < -0.3 is 20.7 Å². The number of carbonyl (C=O) groups excluding carboxylic acids is 1. The van der Waals surface area contributed by atoms with Crippen molar-refractivity contribution in [1.82, 2.24) is 10.2 Å². The molecule has 0 unspecified atom stereocenters. The third-order valence-corrected chi connectivity index (χ3v) is 4.30. The molecule has 0 aromatic heterocycles. The van der Waals surface area contributed by atoms with Crippen molar-refractivity contribution in [3.8, 4) is 5.75 Å². The molecule has 1 amide bonds. The number of primary amides is 1. The Bertz CT molecular complexity index is 549. The van der Waals surface area contributed by atoms with Gasteiger partial charge in [-0.3, -0.25) is 9.79 Å². The Kier molecular flexibility index (Phi) is 6.90. The fraction of sp³-hybridized carbons (Fsp3) is 0.556. The van der Waals surface area contributed by atoms with Gasteiger partial charge in [-0.15, -0.1) is 0 Å². The van der Waals surface area contributed by atoms with Gasteiger partial charge in [0.05, 0.1) is 0 Å². The predicted octanol–water partition coefficient (Wildman–Crippen LogP) is 1.40. The quantitative estimate of drug-likeness (QED) is 0.609. The molecule has 0 radical (unpaired) electrons. The first-order valence-corrected chi connectivity index (χ1v) is 8.54. The summed E-state index contributed by atoms with van der Waals surface area (Å²) in [6.07, 6.45) is 3.36. The highest BCUT2D eigenvalue weighted by Gasteiger charge is 2.18. The Hall–Kier alpha value is -2.24. The zero-order chi connectivity index (χ0) is 17.4. The van der Waals surface area contributed by atoms with E-state index in [0.29, 0.717) is 5.75 Å². The summed E-state index contributed by atoms with van der Waals surface area (Å²) in [6, 6.07) is 7.73. The topological polar surface area (TPSA) is 80.0 Å². The highest BCUT2D eigenvalue weighted by atomic mass is 16.5. The van der Waals surface area contributed by atoms with E-state index in [1.807, 2.05) is 31.3 Å². The second kappa shape index (κ2) is 9.15. The summed E-state index contributed by atoms with van der Waals surface area (Å²) in [5, 5.41) is 3.44. The van der Waals surface area contributed by atoms with Gasteiger partial charge in [-0.2, -0.15) is 0 Å². The van der Waals surface area contributed by atoms with Crippen LogP contribution < -0.4 is 15.8 Å². The van der Waals surface area contributed by atoms with E-state index < -0.39 is 5.91 Å². The highest BCUT2D eigenvalue weighted by molar-refractivity contribution is 5.80. The summed E-state index contributed by atoms with van der Waals surface area (Å²) in [5.41, 5.74) is 6.26. The second-order valence-corrected chi connectivity index (χ2v) is 6.29. The first-order valence-electron chi connectivity index (χ1n) is 8.54. The number of guanidine groups is 1. The van der Waals surface area contributed by atoms with Gasteiger partial charge in [-0.05, 0) is 42.9 Å². The lowest BCUT2D eigenvalue weighted by Crippen LogP contribution is -2.45. The molecule has 1 aliphatic rings. The number of piperidine rings is 1. The van der Waals surface area contributed by atoms with Crippen molar-refractivity contribution in [2.45, 2.75) is 26.2 Å². The van der Waals surface area contributed by atoms with E-state index in [9.17, 15) is 4.79 Å². The van der Waals surface area contributed by atoms with Crippen molar-refractivity contribution < 1.29 is 9.53 Å². The number of hydrogen-bond donors (Lipinski definition) is 2.